The zero-order valence-electron chi connectivity index (χ0n) is 20.9. The SMILES string of the molecule is CCCCCCCCCCCC(=O)NCCCC[C@H](NC(=O)N[C@@H](CCC(=O)O)C(=O)O)C(=O)O. The summed E-state index contributed by atoms with van der Waals surface area (Å²) in [5.74, 6) is -3.91. The molecule has 0 spiro atoms. The van der Waals surface area contributed by atoms with Crippen LogP contribution in [0.4, 0.5) is 4.79 Å². The van der Waals surface area contributed by atoms with E-state index in [4.69, 9.17) is 10.2 Å². The highest BCUT2D eigenvalue weighted by Crippen LogP contribution is 2.10. The van der Waals surface area contributed by atoms with E-state index < -0.39 is 42.4 Å². The number of carbonyl (C=O) groups is 5. The normalized spacial score (nSPS) is 12.4. The van der Waals surface area contributed by atoms with Crippen LogP contribution in [0.25, 0.3) is 0 Å². The molecular formula is C24H43N3O8. The number of aliphatic carboxylic acids is 3. The van der Waals surface area contributed by atoms with E-state index in [0.29, 0.717) is 25.8 Å². The van der Waals surface area contributed by atoms with Crippen molar-refractivity contribution < 1.29 is 39.3 Å². The van der Waals surface area contributed by atoms with Crippen LogP contribution in [0, 0.1) is 0 Å². The molecule has 0 aliphatic rings. The van der Waals surface area contributed by atoms with Gasteiger partial charge in [-0.3, -0.25) is 9.59 Å². The number of hydrogen-bond acceptors (Lipinski definition) is 5. The smallest absolute Gasteiger partial charge is 0.326 e. The van der Waals surface area contributed by atoms with E-state index in [9.17, 15) is 29.1 Å². The van der Waals surface area contributed by atoms with Crippen molar-refractivity contribution in [3.8, 4) is 0 Å². The van der Waals surface area contributed by atoms with Crippen molar-refractivity contribution in [3.05, 3.63) is 0 Å². The third kappa shape index (κ3) is 19.2. The molecule has 0 saturated heterocycles. The van der Waals surface area contributed by atoms with Crippen LogP contribution < -0.4 is 16.0 Å². The Morgan fingerprint density at radius 1 is 0.629 bits per heavy atom. The summed E-state index contributed by atoms with van der Waals surface area (Å²) in [4.78, 5) is 57.0. The van der Waals surface area contributed by atoms with Crippen LogP contribution in [0.1, 0.15) is 103 Å². The minimum absolute atomic E-state index is 0.0266. The Balaban J connectivity index is 4.01. The summed E-state index contributed by atoms with van der Waals surface area (Å²) in [7, 11) is 0. The van der Waals surface area contributed by atoms with Gasteiger partial charge in [0, 0.05) is 19.4 Å². The van der Waals surface area contributed by atoms with E-state index in [2.05, 4.69) is 22.9 Å². The van der Waals surface area contributed by atoms with Crippen molar-refractivity contribution in [2.45, 2.75) is 115 Å². The molecule has 0 radical (unpaired) electrons. The maximum absolute atomic E-state index is 12.0. The van der Waals surface area contributed by atoms with E-state index in [1.54, 1.807) is 0 Å². The lowest BCUT2D eigenvalue weighted by atomic mass is 10.1. The van der Waals surface area contributed by atoms with Gasteiger partial charge in [0.1, 0.15) is 12.1 Å². The summed E-state index contributed by atoms with van der Waals surface area (Å²) in [6, 6.07) is -3.67. The van der Waals surface area contributed by atoms with Crippen LogP contribution in [0.15, 0.2) is 0 Å². The predicted octanol–water partition coefficient (Wildman–Crippen LogP) is 3.26. The lowest BCUT2D eigenvalue weighted by Crippen LogP contribution is -2.51. The maximum atomic E-state index is 12.0. The van der Waals surface area contributed by atoms with E-state index in [1.807, 2.05) is 0 Å². The zero-order chi connectivity index (χ0) is 26.5. The molecule has 6 N–H and O–H groups in total. The fourth-order valence-corrected chi connectivity index (χ4v) is 3.53. The summed E-state index contributed by atoms with van der Waals surface area (Å²) in [6.07, 6.45) is 11.4. The number of carboxylic acid groups (broad SMARTS) is 3. The molecule has 0 unspecified atom stereocenters. The molecule has 11 heteroatoms. The molecule has 0 aromatic heterocycles. The molecule has 35 heavy (non-hydrogen) atoms. The third-order valence-electron chi connectivity index (χ3n) is 5.60. The standard InChI is InChI=1S/C24H43N3O8/c1-2-3-4-5-6-7-8-9-10-14-20(28)25-17-12-11-13-18(22(31)32)26-24(35)27-19(23(33)34)15-16-21(29)30/h18-19H,2-17H2,1H3,(H,25,28)(H,29,30)(H,31,32)(H,33,34)(H2,26,27,35)/t18-,19-/m0/s1. The first-order valence-electron chi connectivity index (χ1n) is 12.7. The van der Waals surface area contributed by atoms with Gasteiger partial charge in [-0.1, -0.05) is 58.3 Å². The number of unbranched alkanes of at least 4 members (excludes halogenated alkanes) is 9. The number of rotatable bonds is 22. The van der Waals surface area contributed by atoms with Gasteiger partial charge >= 0.3 is 23.9 Å². The predicted molar refractivity (Wildman–Crippen MR) is 130 cm³/mol. The van der Waals surface area contributed by atoms with Crippen LogP contribution in [-0.2, 0) is 19.2 Å². The second-order valence-electron chi connectivity index (χ2n) is 8.76. The van der Waals surface area contributed by atoms with Crippen molar-refractivity contribution in [2.75, 3.05) is 6.54 Å². The quantitative estimate of drug-likeness (QED) is 0.122. The van der Waals surface area contributed by atoms with Crippen molar-refractivity contribution in [3.63, 3.8) is 0 Å². The minimum Gasteiger partial charge on any atom is -0.481 e. The molecule has 0 aromatic carbocycles. The Hall–Kier alpha value is -2.85. The molecule has 0 aliphatic heterocycles. The lowest BCUT2D eigenvalue weighted by molar-refractivity contribution is -0.140. The molecule has 0 heterocycles. The van der Waals surface area contributed by atoms with Gasteiger partial charge in [0.25, 0.3) is 0 Å². The number of carbonyl (C=O) groups excluding carboxylic acids is 2. The van der Waals surface area contributed by atoms with Crippen molar-refractivity contribution >= 4 is 29.8 Å². The number of urea groups is 1. The van der Waals surface area contributed by atoms with Gasteiger partial charge in [-0.2, -0.15) is 0 Å². The molecule has 0 saturated carbocycles. The highest BCUT2D eigenvalue weighted by atomic mass is 16.4. The van der Waals surface area contributed by atoms with Gasteiger partial charge in [0.05, 0.1) is 0 Å². The molecule has 202 valence electrons. The fraction of sp³-hybridized carbons (Fsp3) is 0.792. The second kappa shape index (κ2) is 20.5. The Morgan fingerprint density at radius 2 is 1.14 bits per heavy atom. The highest BCUT2D eigenvalue weighted by molar-refractivity contribution is 5.86. The first-order chi connectivity index (χ1) is 16.7. The molecule has 2 atom stereocenters. The van der Waals surface area contributed by atoms with Crippen molar-refractivity contribution in [1.29, 1.82) is 0 Å². The van der Waals surface area contributed by atoms with Crippen LogP contribution in [0.5, 0.6) is 0 Å². The van der Waals surface area contributed by atoms with E-state index >= 15 is 0 Å². The van der Waals surface area contributed by atoms with Gasteiger partial charge in [0.2, 0.25) is 5.91 Å². The molecule has 0 aliphatic carbocycles. The topological polar surface area (TPSA) is 182 Å². The highest BCUT2D eigenvalue weighted by Gasteiger charge is 2.24. The van der Waals surface area contributed by atoms with Crippen LogP contribution >= 0.6 is 0 Å². The summed E-state index contributed by atoms with van der Waals surface area (Å²) in [5, 5.41) is 34.1. The number of hydrogen-bond donors (Lipinski definition) is 6. The maximum Gasteiger partial charge on any atom is 0.326 e. The Kier molecular flexibility index (Phi) is 18.8. The Labute approximate surface area is 207 Å². The number of nitrogens with one attached hydrogen (secondary N) is 3. The minimum atomic E-state index is -1.44. The monoisotopic (exact) mass is 501 g/mol. The number of amides is 3. The van der Waals surface area contributed by atoms with Crippen molar-refractivity contribution in [2.24, 2.45) is 0 Å². The average Bonchev–Trinajstić information content (AvgIpc) is 2.79. The van der Waals surface area contributed by atoms with Gasteiger partial charge in [-0.25, -0.2) is 14.4 Å². The zero-order valence-corrected chi connectivity index (χ0v) is 20.9. The summed E-state index contributed by atoms with van der Waals surface area (Å²) in [5.41, 5.74) is 0. The molecule has 0 bridgehead atoms. The first-order valence-corrected chi connectivity index (χ1v) is 12.7. The van der Waals surface area contributed by atoms with Crippen LogP contribution in [0.3, 0.4) is 0 Å². The summed E-state index contributed by atoms with van der Waals surface area (Å²) < 4.78 is 0. The molecular weight excluding hydrogens is 458 g/mol. The van der Waals surface area contributed by atoms with Crippen LogP contribution in [-0.4, -0.2) is 63.8 Å². The second-order valence-corrected chi connectivity index (χ2v) is 8.76. The molecule has 0 fully saturated rings. The number of carboxylic acids is 3. The third-order valence-corrected chi connectivity index (χ3v) is 5.60. The van der Waals surface area contributed by atoms with Gasteiger partial charge in [-0.05, 0) is 32.1 Å². The fourth-order valence-electron chi connectivity index (χ4n) is 3.53. The van der Waals surface area contributed by atoms with E-state index in [-0.39, 0.29) is 18.7 Å². The molecule has 0 aromatic rings. The summed E-state index contributed by atoms with van der Waals surface area (Å²) in [6.45, 7) is 2.61. The molecule has 11 nitrogen and oxygen atoms in total. The van der Waals surface area contributed by atoms with Gasteiger partial charge in [-0.15, -0.1) is 0 Å². The lowest BCUT2D eigenvalue weighted by Gasteiger charge is -2.18. The van der Waals surface area contributed by atoms with Crippen LogP contribution in [0.2, 0.25) is 0 Å². The van der Waals surface area contributed by atoms with Crippen molar-refractivity contribution in [1.82, 2.24) is 16.0 Å². The molecule has 0 rings (SSSR count). The van der Waals surface area contributed by atoms with Gasteiger partial charge in [0.15, 0.2) is 0 Å². The Bertz CT molecular complexity index is 657. The van der Waals surface area contributed by atoms with E-state index in [1.165, 1.54) is 38.5 Å². The Morgan fingerprint density at radius 3 is 1.66 bits per heavy atom. The molecule has 3 amide bonds. The van der Waals surface area contributed by atoms with Gasteiger partial charge < -0.3 is 31.3 Å². The largest absolute Gasteiger partial charge is 0.481 e. The van der Waals surface area contributed by atoms with E-state index in [0.717, 1.165) is 19.3 Å². The first kappa shape index (κ1) is 32.1. The summed E-state index contributed by atoms with van der Waals surface area (Å²) >= 11 is 0. The average molecular weight is 502 g/mol.